The van der Waals surface area contributed by atoms with Crippen molar-refractivity contribution in [3.8, 4) is 0 Å². The van der Waals surface area contributed by atoms with Gasteiger partial charge in [0.25, 0.3) is 0 Å². The summed E-state index contributed by atoms with van der Waals surface area (Å²) in [7, 11) is 1.92. The number of aromatic nitrogens is 2. The number of nitrogens with zero attached hydrogens (tertiary/aromatic N) is 2. The van der Waals surface area contributed by atoms with Gasteiger partial charge >= 0.3 is 0 Å². The summed E-state index contributed by atoms with van der Waals surface area (Å²) in [6, 6.07) is 0. The van der Waals surface area contributed by atoms with E-state index in [2.05, 4.69) is 5.10 Å². The van der Waals surface area contributed by atoms with Crippen molar-refractivity contribution in [3.05, 3.63) is 17.0 Å². The molecule has 1 heterocycles. The van der Waals surface area contributed by atoms with Gasteiger partial charge in [-0.25, -0.2) is 0 Å². The van der Waals surface area contributed by atoms with Gasteiger partial charge in [-0.2, -0.15) is 5.10 Å². The molecule has 76 valence electrons. The van der Waals surface area contributed by atoms with Crippen molar-refractivity contribution in [1.29, 1.82) is 0 Å². The average molecular weight is 192 g/mol. The van der Waals surface area contributed by atoms with Gasteiger partial charge in [0, 0.05) is 30.6 Å². The maximum Gasteiger partial charge on any atom is 0.140 e. The highest BCUT2D eigenvalue weighted by atomic mass is 16.1. The largest absolute Gasteiger partial charge is 0.299 e. The first-order chi connectivity index (χ1) is 6.59. The van der Waals surface area contributed by atoms with Crippen molar-refractivity contribution in [3.63, 3.8) is 0 Å². The molecule has 1 saturated carbocycles. The molecule has 0 saturated heterocycles. The molecule has 1 fully saturated rings. The Morgan fingerprint density at radius 2 is 2.14 bits per heavy atom. The van der Waals surface area contributed by atoms with Crippen LogP contribution in [-0.2, 0) is 18.3 Å². The zero-order chi connectivity index (χ0) is 10.3. The Morgan fingerprint density at radius 3 is 2.57 bits per heavy atom. The topological polar surface area (TPSA) is 34.9 Å². The molecule has 0 aromatic carbocycles. The van der Waals surface area contributed by atoms with E-state index in [0.29, 0.717) is 18.1 Å². The maximum atomic E-state index is 11.7. The molecule has 2 rings (SSSR count). The second-order valence-corrected chi connectivity index (χ2v) is 4.19. The summed E-state index contributed by atoms with van der Waals surface area (Å²) in [5, 5.41) is 4.31. The van der Waals surface area contributed by atoms with E-state index in [1.165, 1.54) is 0 Å². The summed E-state index contributed by atoms with van der Waals surface area (Å²) in [5.41, 5.74) is 3.25. The number of hydrogen-bond donors (Lipinski definition) is 0. The van der Waals surface area contributed by atoms with Crippen molar-refractivity contribution < 1.29 is 4.79 Å². The fourth-order valence-corrected chi connectivity index (χ4v) is 1.80. The van der Waals surface area contributed by atoms with Gasteiger partial charge in [-0.1, -0.05) is 0 Å². The third-order valence-electron chi connectivity index (χ3n) is 3.04. The minimum Gasteiger partial charge on any atom is -0.299 e. The molecule has 0 radical (unpaired) electrons. The lowest BCUT2D eigenvalue weighted by molar-refractivity contribution is -0.119. The minimum absolute atomic E-state index is 0.356. The molecule has 0 amide bonds. The summed E-state index contributed by atoms with van der Waals surface area (Å²) in [5.74, 6) is 0.748. The highest BCUT2D eigenvalue weighted by Crippen LogP contribution is 2.31. The van der Waals surface area contributed by atoms with E-state index in [1.54, 1.807) is 0 Å². The first kappa shape index (κ1) is 9.44. The standard InChI is InChI=1S/C11H16N2O/c1-7-10(8(2)13(3)12-7)6-11(14)9-4-5-9/h9H,4-6H2,1-3H3. The van der Waals surface area contributed by atoms with Crippen LogP contribution in [0.4, 0.5) is 0 Å². The Labute approximate surface area is 84.1 Å². The van der Waals surface area contributed by atoms with Crippen molar-refractivity contribution >= 4 is 5.78 Å². The summed E-state index contributed by atoms with van der Waals surface area (Å²) in [4.78, 5) is 11.7. The van der Waals surface area contributed by atoms with Gasteiger partial charge in [-0.05, 0) is 26.7 Å². The third kappa shape index (κ3) is 1.59. The van der Waals surface area contributed by atoms with Gasteiger partial charge in [0.1, 0.15) is 5.78 Å². The fraction of sp³-hybridized carbons (Fsp3) is 0.636. The van der Waals surface area contributed by atoms with E-state index >= 15 is 0 Å². The molecule has 0 atom stereocenters. The molecule has 0 bridgehead atoms. The summed E-state index contributed by atoms with van der Waals surface area (Å²) in [6.45, 7) is 4.00. The van der Waals surface area contributed by atoms with Crippen LogP contribution in [0.25, 0.3) is 0 Å². The van der Waals surface area contributed by atoms with Crippen LogP contribution in [0.1, 0.15) is 29.8 Å². The molecule has 14 heavy (non-hydrogen) atoms. The number of aryl methyl sites for hydroxylation is 2. The molecule has 1 aromatic rings. The molecule has 0 N–H and O–H groups in total. The highest BCUT2D eigenvalue weighted by Gasteiger charge is 2.30. The SMILES string of the molecule is Cc1nn(C)c(C)c1CC(=O)C1CC1. The Kier molecular flexibility index (Phi) is 2.17. The maximum absolute atomic E-state index is 11.7. The predicted octanol–water partition coefficient (Wildman–Crippen LogP) is 1.56. The lowest BCUT2D eigenvalue weighted by Crippen LogP contribution is -2.06. The predicted molar refractivity (Wildman–Crippen MR) is 54.1 cm³/mol. The van der Waals surface area contributed by atoms with Crippen molar-refractivity contribution in [2.75, 3.05) is 0 Å². The quantitative estimate of drug-likeness (QED) is 0.728. The monoisotopic (exact) mass is 192 g/mol. The van der Waals surface area contributed by atoms with E-state index < -0.39 is 0 Å². The van der Waals surface area contributed by atoms with E-state index in [0.717, 1.165) is 29.8 Å². The number of hydrogen-bond acceptors (Lipinski definition) is 2. The fourth-order valence-electron chi connectivity index (χ4n) is 1.80. The Morgan fingerprint density at radius 1 is 1.50 bits per heavy atom. The number of Topliss-reactive ketones (excluding diaryl/α,β-unsaturated/α-hetero) is 1. The number of ketones is 1. The van der Waals surface area contributed by atoms with Crippen molar-refractivity contribution in [2.45, 2.75) is 33.1 Å². The number of rotatable bonds is 3. The average Bonchev–Trinajstić information content (AvgIpc) is 2.91. The lowest BCUT2D eigenvalue weighted by Gasteiger charge is -2.00. The van der Waals surface area contributed by atoms with Crippen LogP contribution in [0.5, 0.6) is 0 Å². The van der Waals surface area contributed by atoms with Crippen LogP contribution >= 0.6 is 0 Å². The molecule has 1 aliphatic carbocycles. The van der Waals surface area contributed by atoms with Crippen LogP contribution in [-0.4, -0.2) is 15.6 Å². The van der Waals surface area contributed by atoms with Crippen LogP contribution in [0.3, 0.4) is 0 Å². The molecule has 1 aromatic heterocycles. The van der Waals surface area contributed by atoms with Gasteiger partial charge in [-0.3, -0.25) is 9.48 Å². The van der Waals surface area contributed by atoms with Gasteiger partial charge in [-0.15, -0.1) is 0 Å². The third-order valence-corrected chi connectivity index (χ3v) is 3.04. The van der Waals surface area contributed by atoms with E-state index in [4.69, 9.17) is 0 Å². The van der Waals surface area contributed by atoms with E-state index in [-0.39, 0.29) is 0 Å². The molecular formula is C11H16N2O. The van der Waals surface area contributed by atoms with E-state index in [1.807, 2.05) is 25.6 Å². The van der Waals surface area contributed by atoms with E-state index in [9.17, 15) is 4.79 Å². The zero-order valence-corrected chi connectivity index (χ0v) is 9.00. The van der Waals surface area contributed by atoms with Gasteiger partial charge in [0.05, 0.1) is 5.69 Å². The molecule has 0 aliphatic heterocycles. The van der Waals surface area contributed by atoms with Crippen LogP contribution in [0.15, 0.2) is 0 Å². The van der Waals surface area contributed by atoms with Crippen LogP contribution < -0.4 is 0 Å². The molecule has 1 aliphatic rings. The zero-order valence-electron chi connectivity index (χ0n) is 9.00. The van der Waals surface area contributed by atoms with Gasteiger partial charge in [0.2, 0.25) is 0 Å². The second-order valence-electron chi connectivity index (χ2n) is 4.19. The first-order valence-corrected chi connectivity index (χ1v) is 5.11. The summed E-state index contributed by atoms with van der Waals surface area (Å²) < 4.78 is 1.85. The summed E-state index contributed by atoms with van der Waals surface area (Å²) >= 11 is 0. The molecule has 3 nitrogen and oxygen atoms in total. The second kappa shape index (κ2) is 3.23. The van der Waals surface area contributed by atoms with Gasteiger partial charge in [0.15, 0.2) is 0 Å². The molecular weight excluding hydrogens is 176 g/mol. The smallest absolute Gasteiger partial charge is 0.140 e. The van der Waals surface area contributed by atoms with Crippen LogP contribution in [0, 0.1) is 19.8 Å². The van der Waals surface area contributed by atoms with Crippen LogP contribution in [0.2, 0.25) is 0 Å². The molecule has 0 unspecified atom stereocenters. The minimum atomic E-state index is 0.356. The Balaban J connectivity index is 2.18. The molecule has 3 heteroatoms. The van der Waals surface area contributed by atoms with Crippen molar-refractivity contribution in [1.82, 2.24) is 9.78 Å². The normalized spacial score (nSPS) is 15.9. The number of carbonyl (C=O) groups excluding carboxylic acids is 1. The number of carbonyl (C=O) groups is 1. The van der Waals surface area contributed by atoms with Crippen molar-refractivity contribution in [2.24, 2.45) is 13.0 Å². The summed E-state index contributed by atoms with van der Waals surface area (Å²) in [6.07, 6.45) is 2.77. The molecule has 0 spiro atoms. The first-order valence-electron chi connectivity index (χ1n) is 5.11. The highest BCUT2D eigenvalue weighted by molar-refractivity contribution is 5.85. The lowest BCUT2D eigenvalue weighted by atomic mass is 10.0. The Bertz CT molecular complexity index is 375. The Hall–Kier alpha value is -1.12. The van der Waals surface area contributed by atoms with Gasteiger partial charge < -0.3 is 0 Å².